The van der Waals surface area contributed by atoms with E-state index >= 15 is 0 Å². The van der Waals surface area contributed by atoms with Crippen LogP contribution in [0.5, 0.6) is 0 Å². The molecule has 0 saturated heterocycles. The molecule has 3 unspecified atom stereocenters. The molecule has 1 N–H and O–H groups in total. The fourth-order valence-electron chi connectivity index (χ4n) is 3.45. The Morgan fingerprint density at radius 1 is 1.18 bits per heavy atom. The quantitative estimate of drug-likeness (QED) is 0.858. The maximum Gasteiger partial charge on any atom is 0.0669 e. The van der Waals surface area contributed by atoms with E-state index in [-0.39, 0.29) is 0 Å². The second kappa shape index (κ2) is 4.41. The van der Waals surface area contributed by atoms with Gasteiger partial charge in [0.1, 0.15) is 0 Å². The largest absolute Gasteiger partial charge is 0.382 e. The first-order valence-corrected chi connectivity index (χ1v) is 6.57. The average Bonchev–Trinajstić information content (AvgIpc) is 2.94. The van der Waals surface area contributed by atoms with Crippen molar-refractivity contribution < 1.29 is 0 Å². The Labute approximate surface area is 103 Å². The fraction of sp³-hybridized carbons (Fsp3) is 0.533. The summed E-state index contributed by atoms with van der Waals surface area (Å²) in [7, 11) is 0. The molecule has 2 aliphatic carbocycles. The summed E-state index contributed by atoms with van der Waals surface area (Å²) in [6, 6.07) is 11.2. The third-order valence-corrected chi connectivity index (χ3v) is 4.33. The van der Waals surface area contributed by atoms with Gasteiger partial charge in [-0.2, -0.15) is 5.26 Å². The van der Waals surface area contributed by atoms with Crippen molar-refractivity contribution in [3.05, 3.63) is 29.8 Å². The average molecular weight is 226 g/mol. The van der Waals surface area contributed by atoms with E-state index in [0.717, 1.165) is 17.4 Å². The molecule has 3 rings (SSSR count). The molecule has 88 valence electrons. The van der Waals surface area contributed by atoms with Gasteiger partial charge in [-0.25, -0.2) is 0 Å². The summed E-state index contributed by atoms with van der Waals surface area (Å²) in [6.45, 7) is 0. The lowest BCUT2D eigenvalue weighted by molar-refractivity contribution is 0.440. The van der Waals surface area contributed by atoms with Crippen molar-refractivity contribution >= 4 is 5.69 Å². The predicted molar refractivity (Wildman–Crippen MR) is 68.6 cm³/mol. The van der Waals surface area contributed by atoms with E-state index in [1.54, 1.807) is 0 Å². The van der Waals surface area contributed by atoms with Gasteiger partial charge in [-0.15, -0.1) is 0 Å². The lowest BCUT2D eigenvalue weighted by Gasteiger charge is -2.24. The maximum absolute atomic E-state index is 8.62. The Kier molecular flexibility index (Phi) is 2.76. The predicted octanol–water partition coefficient (Wildman–Crippen LogP) is 3.35. The first-order chi connectivity index (χ1) is 8.35. The minimum atomic E-state index is 0.508. The van der Waals surface area contributed by atoms with E-state index in [0.29, 0.717) is 12.5 Å². The molecule has 2 bridgehead atoms. The lowest BCUT2D eigenvalue weighted by atomic mass is 9.95. The number of nitrogens with zero attached hydrogens (tertiary/aromatic N) is 1. The highest BCUT2D eigenvalue weighted by Gasteiger charge is 2.39. The minimum absolute atomic E-state index is 0.508. The van der Waals surface area contributed by atoms with Crippen LogP contribution in [0.25, 0.3) is 0 Å². The van der Waals surface area contributed by atoms with Crippen molar-refractivity contribution in [3.63, 3.8) is 0 Å². The number of nitriles is 1. The van der Waals surface area contributed by atoms with Crippen LogP contribution in [0, 0.1) is 23.2 Å². The number of anilines is 1. The molecule has 0 aromatic heterocycles. The lowest BCUT2D eigenvalue weighted by Crippen LogP contribution is -2.25. The molecule has 2 saturated carbocycles. The number of hydrogen-bond donors (Lipinski definition) is 1. The first kappa shape index (κ1) is 10.7. The molecule has 0 spiro atoms. The van der Waals surface area contributed by atoms with Crippen LogP contribution >= 0.6 is 0 Å². The number of fused-ring (bicyclic) bond motifs is 2. The molecule has 0 radical (unpaired) electrons. The van der Waals surface area contributed by atoms with Crippen LogP contribution in [0.2, 0.25) is 0 Å². The number of rotatable bonds is 3. The van der Waals surface area contributed by atoms with Crippen LogP contribution in [-0.2, 0) is 6.42 Å². The Balaban J connectivity index is 1.63. The summed E-state index contributed by atoms with van der Waals surface area (Å²) in [6.07, 6.45) is 6.15. The number of benzene rings is 1. The van der Waals surface area contributed by atoms with Crippen LogP contribution in [-0.4, -0.2) is 6.04 Å². The van der Waals surface area contributed by atoms with E-state index < -0.39 is 0 Å². The fourth-order valence-corrected chi connectivity index (χ4v) is 3.45. The van der Waals surface area contributed by atoms with Crippen molar-refractivity contribution in [2.75, 3.05) is 5.32 Å². The molecular formula is C15H18N2. The van der Waals surface area contributed by atoms with Crippen molar-refractivity contribution in [2.24, 2.45) is 11.8 Å². The molecule has 1 aromatic rings. The summed E-state index contributed by atoms with van der Waals surface area (Å²) in [5.74, 6) is 1.88. The summed E-state index contributed by atoms with van der Waals surface area (Å²) < 4.78 is 0. The van der Waals surface area contributed by atoms with Crippen LogP contribution in [0.1, 0.15) is 31.2 Å². The van der Waals surface area contributed by atoms with Crippen molar-refractivity contribution in [1.82, 2.24) is 0 Å². The zero-order chi connectivity index (χ0) is 11.7. The molecule has 2 fully saturated rings. The zero-order valence-electron chi connectivity index (χ0n) is 10.0. The molecule has 1 aromatic carbocycles. The smallest absolute Gasteiger partial charge is 0.0669 e. The maximum atomic E-state index is 8.62. The molecule has 3 atom stereocenters. The third kappa shape index (κ3) is 2.15. The summed E-state index contributed by atoms with van der Waals surface area (Å²) in [4.78, 5) is 0. The van der Waals surface area contributed by atoms with Crippen LogP contribution in [0.3, 0.4) is 0 Å². The van der Waals surface area contributed by atoms with E-state index in [2.05, 4.69) is 35.7 Å². The van der Waals surface area contributed by atoms with Gasteiger partial charge in [-0.3, -0.25) is 0 Å². The van der Waals surface area contributed by atoms with Gasteiger partial charge in [-0.1, -0.05) is 18.6 Å². The number of hydrogen-bond acceptors (Lipinski definition) is 2. The minimum Gasteiger partial charge on any atom is -0.382 e. The molecule has 2 heteroatoms. The Morgan fingerprint density at radius 3 is 2.59 bits per heavy atom. The Morgan fingerprint density at radius 2 is 2.00 bits per heavy atom. The SMILES string of the molecule is N#CCc1ccc(NC2CC3CCC2C3)cc1. The third-order valence-electron chi connectivity index (χ3n) is 4.33. The summed E-state index contributed by atoms with van der Waals surface area (Å²) in [5.41, 5.74) is 2.32. The Bertz CT molecular complexity index is 429. The summed E-state index contributed by atoms with van der Waals surface area (Å²) in [5, 5.41) is 12.3. The molecule has 0 heterocycles. The molecule has 0 amide bonds. The topological polar surface area (TPSA) is 35.8 Å². The monoisotopic (exact) mass is 226 g/mol. The molecule has 0 aliphatic heterocycles. The van der Waals surface area contributed by atoms with E-state index in [1.165, 1.54) is 31.4 Å². The van der Waals surface area contributed by atoms with Crippen LogP contribution < -0.4 is 5.32 Å². The van der Waals surface area contributed by atoms with Gasteiger partial charge in [0.2, 0.25) is 0 Å². The van der Waals surface area contributed by atoms with Gasteiger partial charge in [-0.05, 0) is 48.8 Å². The van der Waals surface area contributed by atoms with E-state index in [4.69, 9.17) is 5.26 Å². The van der Waals surface area contributed by atoms with Gasteiger partial charge in [0.05, 0.1) is 12.5 Å². The number of nitrogens with one attached hydrogen (secondary N) is 1. The second-order valence-corrected chi connectivity index (χ2v) is 5.46. The Hall–Kier alpha value is -1.49. The van der Waals surface area contributed by atoms with Crippen molar-refractivity contribution in [2.45, 2.75) is 38.1 Å². The van der Waals surface area contributed by atoms with Crippen LogP contribution in [0.4, 0.5) is 5.69 Å². The van der Waals surface area contributed by atoms with E-state index in [9.17, 15) is 0 Å². The second-order valence-electron chi connectivity index (χ2n) is 5.46. The molecule has 2 aliphatic rings. The molecule has 17 heavy (non-hydrogen) atoms. The summed E-state index contributed by atoms with van der Waals surface area (Å²) >= 11 is 0. The van der Waals surface area contributed by atoms with Gasteiger partial charge >= 0.3 is 0 Å². The highest BCUT2D eigenvalue weighted by molar-refractivity contribution is 5.46. The molecule has 2 nitrogen and oxygen atoms in total. The normalized spacial score (nSPS) is 30.2. The van der Waals surface area contributed by atoms with Gasteiger partial charge in [0, 0.05) is 11.7 Å². The first-order valence-electron chi connectivity index (χ1n) is 6.57. The van der Waals surface area contributed by atoms with Crippen molar-refractivity contribution in [3.8, 4) is 6.07 Å². The highest BCUT2D eigenvalue weighted by Crippen LogP contribution is 2.45. The molecular weight excluding hydrogens is 208 g/mol. The van der Waals surface area contributed by atoms with Gasteiger partial charge in [0.15, 0.2) is 0 Å². The zero-order valence-corrected chi connectivity index (χ0v) is 10.0. The van der Waals surface area contributed by atoms with Crippen LogP contribution in [0.15, 0.2) is 24.3 Å². The standard InChI is InChI=1S/C15H18N2/c16-8-7-11-2-5-14(6-3-11)17-15-10-12-1-4-13(15)9-12/h2-3,5-6,12-13,15,17H,1,4,7,9-10H2. The van der Waals surface area contributed by atoms with E-state index in [1.807, 2.05) is 0 Å². The highest BCUT2D eigenvalue weighted by atomic mass is 14.9. The van der Waals surface area contributed by atoms with Gasteiger partial charge < -0.3 is 5.32 Å². The van der Waals surface area contributed by atoms with Gasteiger partial charge in [0.25, 0.3) is 0 Å². The van der Waals surface area contributed by atoms with Crippen molar-refractivity contribution in [1.29, 1.82) is 5.26 Å².